The van der Waals surface area contributed by atoms with Crippen molar-refractivity contribution in [2.24, 2.45) is 5.84 Å². The first-order valence-electron chi connectivity index (χ1n) is 2.77. The number of hydrogen-bond donors (Lipinski definition) is 3. The molecule has 0 spiro atoms. The monoisotopic (exact) mass is 160 g/mol. The molecule has 4 N–H and O–H groups in total. The fraction of sp³-hybridized carbons (Fsp3) is 0.333. The molecule has 5 nitrogen and oxygen atoms in total. The van der Waals surface area contributed by atoms with Crippen LogP contribution in [0.3, 0.4) is 0 Å². The number of nitrogens with one attached hydrogen (secondary N) is 1. The molecule has 0 aliphatic rings. The molecule has 11 heavy (non-hydrogen) atoms. The number of carbonyl (C=O) groups excluding carboxylic acids is 1. The number of rotatable bonds is 1. The Labute approximate surface area is 64.9 Å². The van der Waals surface area contributed by atoms with Gasteiger partial charge in [0, 0.05) is 12.5 Å². The molecule has 0 rings (SSSR count). The van der Waals surface area contributed by atoms with Crippen molar-refractivity contribution in [1.82, 2.24) is 5.43 Å². The molecule has 0 unspecified atom stereocenters. The Hall–Kier alpha value is -1.36. The van der Waals surface area contributed by atoms with Crippen molar-refractivity contribution in [3.8, 4) is 0 Å². The largest absolute Gasteiger partial charge is 0.478 e. The molecule has 0 atom stereocenters. The van der Waals surface area contributed by atoms with Crippen molar-refractivity contribution in [3.63, 3.8) is 0 Å². The maximum absolute atomic E-state index is 9.60. The van der Waals surface area contributed by atoms with Gasteiger partial charge in [-0.2, -0.15) is 0 Å². The van der Waals surface area contributed by atoms with Crippen LogP contribution in [0.4, 0.5) is 0 Å². The van der Waals surface area contributed by atoms with E-state index in [4.69, 9.17) is 5.11 Å². The number of nitrogens with two attached hydrogens (primary N) is 1. The number of carboxylic acid groups (broad SMARTS) is 1. The van der Waals surface area contributed by atoms with Gasteiger partial charge < -0.3 is 5.11 Å². The highest BCUT2D eigenvalue weighted by atomic mass is 16.4. The molecule has 1 amide bonds. The Kier molecular flexibility index (Phi) is 7.57. The van der Waals surface area contributed by atoms with Crippen LogP contribution in [0.1, 0.15) is 13.8 Å². The van der Waals surface area contributed by atoms with Crippen molar-refractivity contribution >= 4 is 11.9 Å². The van der Waals surface area contributed by atoms with Gasteiger partial charge in [0.15, 0.2) is 0 Å². The SMILES string of the molecule is C=C(C)C(=O)O.CC(=O)NN. The number of aliphatic carboxylic acids is 1. The first kappa shape index (κ1) is 12.3. The third-order valence-corrected chi connectivity index (χ3v) is 0.568. The lowest BCUT2D eigenvalue weighted by Gasteiger charge is -1.80. The van der Waals surface area contributed by atoms with E-state index >= 15 is 0 Å². The van der Waals surface area contributed by atoms with E-state index in [1.807, 2.05) is 5.43 Å². The van der Waals surface area contributed by atoms with Crippen LogP contribution in [0.2, 0.25) is 0 Å². The highest BCUT2D eigenvalue weighted by molar-refractivity contribution is 5.84. The average Bonchev–Trinajstić information content (AvgIpc) is 1.89. The summed E-state index contributed by atoms with van der Waals surface area (Å²) < 4.78 is 0. The molecule has 0 aromatic heterocycles. The van der Waals surface area contributed by atoms with Crippen molar-refractivity contribution in [3.05, 3.63) is 12.2 Å². The van der Waals surface area contributed by atoms with Crippen LogP contribution in [0.5, 0.6) is 0 Å². The molecule has 5 heteroatoms. The summed E-state index contributed by atoms with van der Waals surface area (Å²) in [6.07, 6.45) is 0. The summed E-state index contributed by atoms with van der Waals surface area (Å²) >= 11 is 0. The highest BCUT2D eigenvalue weighted by Crippen LogP contribution is 1.81. The molecule has 0 heterocycles. The van der Waals surface area contributed by atoms with Gasteiger partial charge in [-0.05, 0) is 6.92 Å². The minimum atomic E-state index is -0.935. The first-order valence-corrected chi connectivity index (χ1v) is 2.77. The van der Waals surface area contributed by atoms with Crippen LogP contribution in [-0.4, -0.2) is 17.0 Å². The van der Waals surface area contributed by atoms with Crippen LogP contribution in [0.15, 0.2) is 12.2 Å². The summed E-state index contributed by atoms with van der Waals surface area (Å²) in [5.74, 6) is 3.42. The summed E-state index contributed by atoms with van der Waals surface area (Å²) in [5.41, 5.74) is 2.06. The molecule has 0 aliphatic carbocycles. The molecular weight excluding hydrogens is 148 g/mol. The summed E-state index contributed by atoms with van der Waals surface area (Å²) in [6.45, 7) is 5.95. The van der Waals surface area contributed by atoms with Gasteiger partial charge in [0.1, 0.15) is 0 Å². The van der Waals surface area contributed by atoms with Gasteiger partial charge in [-0.1, -0.05) is 6.58 Å². The third-order valence-electron chi connectivity index (χ3n) is 0.568. The van der Waals surface area contributed by atoms with Crippen LogP contribution < -0.4 is 11.3 Å². The van der Waals surface area contributed by atoms with Gasteiger partial charge in [-0.15, -0.1) is 0 Å². The zero-order chi connectivity index (χ0) is 9.44. The van der Waals surface area contributed by atoms with Gasteiger partial charge in [0.25, 0.3) is 0 Å². The predicted octanol–water partition coefficient (Wildman–Crippen LogP) is -0.357. The lowest BCUT2D eigenvalue weighted by atomic mass is 10.4. The number of amides is 1. The smallest absolute Gasteiger partial charge is 0.330 e. The minimum absolute atomic E-state index is 0.176. The lowest BCUT2D eigenvalue weighted by Crippen LogP contribution is -2.26. The van der Waals surface area contributed by atoms with E-state index in [1.165, 1.54) is 13.8 Å². The van der Waals surface area contributed by atoms with Gasteiger partial charge in [0.2, 0.25) is 5.91 Å². The predicted molar refractivity (Wildman–Crippen MR) is 40.5 cm³/mol. The number of hydrogen-bond acceptors (Lipinski definition) is 3. The van der Waals surface area contributed by atoms with Gasteiger partial charge in [-0.3, -0.25) is 10.2 Å². The van der Waals surface area contributed by atoms with E-state index in [1.54, 1.807) is 0 Å². The normalized spacial score (nSPS) is 7.18. The van der Waals surface area contributed by atoms with E-state index < -0.39 is 5.97 Å². The zero-order valence-corrected chi connectivity index (χ0v) is 6.55. The second kappa shape index (κ2) is 6.76. The molecule has 0 aliphatic heterocycles. The van der Waals surface area contributed by atoms with Crippen LogP contribution in [0.25, 0.3) is 0 Å². The van der Waals surface area contributed by atoms with E-state index in [0.717, 1.165) is 0 Å². The molecule has 0 saturated carbocycles. The maximum Gasteiger partial charge on any atom is 0.330 e. The molecule has 0 radical (unpaired) electrons. The summed E-state index contributed by atoms with van der Waals surface area (Å²) in [5, 5.41) is 7.89. The van der Waals surface area contributed by atoms with Crippen LogP contribution in [-0.2, 0) is 9.59 Å². The second-order valence-electron chi connectivity index (χ2n) is 1.79. The molecule has 0 fully saturated rings. The number of carboxylic acids is 1. The van der Waals surface area contributed by atoms with Crippen LogP contribution in [0, 0.1) is 0 Å². The van der Waals surface area contributed by atoms with Crippen molar-refractivity contribution in [2.45, 2.75) is 13.8 Å². The fourth-order valence-corrected chi connectivity index (χ4v) is 0. The standard InChI is InChI=1S/C4H6O2.C2H6N2O/c1-3(2)4(5)6;1-2(5)4-3/h1H2,2H3,(H,5,6);3H2,1H3,(H,4,5). The Morgan fingerprint density at radius 1 is 1.45 bits per heavy atom. The number of carbonyl (C=O) groups is 2. The Balaban J connectivity index is 0. The number of hydrazine groups is 1. The fourth-order valence-electron chi connectivity index (χ4n) is 0. The molecule has 0 bridgehead atoms. The average molecular weight is 160 g/mol. The zero-order valence-electron chi connectivity index (χ0n) is 6.55. The van der Waals surface area contributed by atoms with Gasteiger partial charge in [0.05, 0.1) is 0 Å². The summed E-state index contributed by atoms with van der Waals surface area (Å²) in [7, 11) is 0. The lowest BCUT2D eigenvalue weighted by molar-refractivity contribution is -0.132. The van der Waals surface area contributed by atoms with E-state index in [0.29, 0.717) is 0 Å². The summed E-state index contributed by atoms with van der Waals surface area (Å²) in [4.78, 5) is 19.2. The van der Waals surface area contributed by atoms with E-state index in [2.05, 4.69) is 12.4 Å². The van der Waals surface area contributed by atoms with Gasteiger partial charge >= 0.3 is 5.97 Å². The molecule has 0 aromatic carbocycles. The van der Waals surface area contributed by atoms with Crippen molar-refractivity contribution in [1.29, 1.82) is 0 Å². The minimum Gasteiger partial charge on any atom is -0.478 e. The van der Waals surface area contributed by atoms with Crippen molar-refractivity contribution in [2.75, 3.05) is 0 Å². The van der Waals surface area contributed by atoms with Gasteiger partial charge in [-0.25, -0.2) is 10.6 Å². The molecule has 0 saturated heterocycles. The Bertz CT molecular complexity index is 153. The second-order valence-corrected chi connectivity index (χ2v) is 1.79. The Morgan fingerprint density at radius 3 is 1.64 bits per heavy atom. The summed E-state index contributed by atoms with van der Waals surface area (Å²) in [6, 6.07) is 0. The maximum atomic E-state index is 9.60. The molecule has 0 aromatic rings. The molecule has 64 valence electrons. The Morgan fingerprint density at radius 2 is 1.64 bits per heavy atom. The third kappa shape index (κ3) is 17.7. The quantitative estimate of drug-likeness (QED) is 0.211. The topological polar surface area (TPSA) is 92.4 Å². The van der Waals surface area contributed by atoms with Crippen molar-refractivity contribution < 1.29 is 14.7 Å². The molecular formula is C6H12N2O3. The first-order chi connectivity index (χ1) is 4.91. The van der Waals surface area contributed by atoms with E-state index in [9.17, 15) is 9.59 Å². The van der Waals surface area contributed by atoms with Crippen LogP contribution >= 0.6 is 0 Å². The highest BCUT2D eigenvalue weighted by Gasteiger charge is 1.90. The van der Waals surface area contributed by atoms with E-state index in [-0.39, 0.29) is 11.5 Å².